The zero-order valence-electron chi connectivity index (χ0n) is 13.3. The molecular formula is C16H14F5N3O2. The molecule has 1 aliphatic rings. The smallest absolute Gasteiger partial charge is 0.406 e. The number of nitrogens with one attached hydrogen (secondary N) is 1. The molecule has 5 nitrogen and oxygen atoms in total. The van der Waals surface area contributed by atoms with E-state index >= 15 is 0 Å². The van der Waals surface area contributed by atoms with Gasteiger partial charge in [0.1, 0.15) is 18.0 Å². The van der Waals surface area contributed by atoms with Crippen LogP contribution in [0.3, 0.4) is 0 Å². The largest absolute Gasteiger partial charge is 0.573 e. The van der Waals surface area contributed by atoms with Gasteiger partial charge < -0.3 is 10.1 Å². The van der Waals surface area contributed by atoms with E-state index in [0.717, 1.165) is 25.0 Å². The van der Waals surface area contributed by atoms with E-state index in [1.54, 1.807) is 0 Å². The molecule has 1 aliphatic carbocycles. The molecule has 0 atom stereocenters. The van der Waals surface area contributed by atoms with Crippen LogP contribution in [0.25, 0.3) is 0 Å². The highest BCUT2D eigenvalue weighted by molar-refractivity contribution is 5.90. The summed E-state index contributed by atoms with van der Waals surface area (Å²) in [7, 11) is 0. The number of rotatable bonds is 6. The molecule has 1 heterocycles. The van der Waals surface area contributed by atoms with Crippen LogP contribution in [0.15, 0.2) is 30.3 Å². The molecule has 10 heteroatoms. The lowest BCUT2D eigenvalue weighted by Gasteiger charge is -2.10. The molecule has 0 spiro atoms. The Morgan fingerprint density at radius 1 is 1.27 bits per heavy atom. The Balaban J connectivity index is 1.64. The van der Waals surface area contributed by atoms with Gasteiger partial charge in [-0.1, -0.05) is 0 Å². The number of nitrogens with zero attached hydrogens (tertiary/aromatic N) is 2. The minimum absolute atomic E-state index is 0.126. The van der Waals surface area contributed by atoms with E-state index in [1.165, 1.54) is 22.9 Å². The Morgan fingerprint density at radius 2 is 1.92 bits per heavy atom. The number of alkyl halides is 5. The highest BCUT2D eigenvalue weighted by Crippen LogP contribution is 2.41. The lowest BCUT2D eigenvalue weighted by atomic mass is 10.2. The third kappa shape index (κ3) is 4.70. The second-order valence-corrected chi connectivity index (χ2v) is 5.85. The maximum Gasteiger partial charge on any atom is 0.573 e. The summed E-state index contributed by atoms with van der Waals surface area (Å²) in [5, 5.41) is 6.25. The number of anilines is 1. The number of halogens is 5. The lowest BCUT2D eigenvalue weighted by Crippen LogP contribution is -2.21. The zero-order valence-corrected chi connectivity index (χ0v) is 13.3. The molecule has 1 amide bonds. The maximum atomic E-state index is 12.8. The first-order chi connectivity index (χ1) is 12.2. The quantitative estimate of drug-likeness (QED) is 0.769. The van der Waals surface area contributed by atoms with Crippen LogP contribution in [0.1, 0.15) is 36.6 Å². The summed E-state index contributed by atoms with van der Waals surface area (Å²) in [6, 6.07) is 5.91. The Bertz CT molecular complexity index is 782. The average molecular weight is 375 g/mol. The molecule has 1 saturated carbocycles. The fraction of sp³-hybridized carbons (Fsp3) is 0.375. The topological polar surface area (TPSA) is 56.2 Å². The van der Waals surface area contributed by atoms with E-state index in [4.69, 9.17) is 0 Å². The highest BCUT2D eigenvalue weighted by Gasteiger charge is 2.31. The molecule has 1 aromatic heterocycles. The molecule has 1 fully saturated rings. The summed E-state index contributed by atoms with van der Waals surface area (Å²) in [6.07, 6.45) is -5.81. The number of hydrogen-bond donors (Lipinski definition) is 1. The molecule has 0 aliphatic heterocycles. The molecule has 1 aromatic carbocycles. The van der Waals surface area contributed by atoms with E-state index in [1.807, 2.05) is 0 Å². The fourth-order valence-electron chi connectivity index (χ4n) is 2.47. The van der Waals surface area contributed by atoms with Crippen molar-refractivity contribution in [1.82, 2.24) is 9.78 Å². The third-order valence-corrected chi connectivity index (χ3v) is 3.71. The van der Waals surface area contributed by atoms with Crippen molar-refractivity contribution < 1.29 is 31.5 Å². The number of benzene rings is 1. The van der Waals surface area contributed by atoms with Crippen molar-refractivity contribution in [2.75, 3.05) is 5.32 Å². The van der Waals surface area contributed by atoms with Gasteiger partial charge in [0, 0.05) is 17.3 Å². The SMILES string of the molecule is O=C(Cn1nc(C(F)F)cc1C1CC1)Nc1ccc(OC(F)(F)F)cc1. The van der Waals surface area contributed by atoms with E-state index in [9.17, 15) is 26.7 Å². The number of hydrogen-bond acceptors (Lipinski definition) is 3. The molecule has 26 heavy (non-hydrogen) atoms. The summed E-state index contributed by atoms with van der Waals surface area (Å²) in [4.78, 5) is 12.1. The molecule has 2 aromatic rings. The number of ether oxygens (including phenoxy) is 1. The molecule has 0 unspecified atom stereocenters. The van der Waals surface area contributed by atoms with Gasteiger partial charge in [0.05, 0.1) is 0 Å². The van der Waals surface area contributed by atoms with E-state index in [2.05, 4.69) is 15.2 Å². The van der Waals surface area contributed by atoms with Crippen LogP contribution in [0, 0.1) is 0 Å². The van der Waals surface area contributed by atoms with Crippen molar-refractivity contribution in [3.05, 3.63) is 41.7 Å². The van der Waals surface area contributed by atoms with Gasteiger partial charge in [-0.25, -0.2) is 8.78 Å². The molecule has 3 rings (SSSR count). The Morgan fingerprint density at radius 3 is 2.46 bits per heavy atom. The minimum atomic E-state index is -4.80. The summed E-state index contributed by atoms with van der Waals surface area (Å²) >= 11 is 0. The van der Waals surface area contributed by atoms with Crippen LogP contribution in [-0.2, 0) is 11.3 Å². The molecule has 1 N–H and O–H groups in total. The highest BCUT2D eigenvalue weighted by atomic mass is 19.4. The van der Waals surface area contributed by atoms with Gasteiger partial charge in [-0.2, -0.15) is 5.10 Å². The van der Waals surface area contributed by atoms with Crippen molar-refractivity contribution >= 4 is 11.6 Å². The second-order valence-electron chi connectivity index (χ2n) is 5.85. The minimum Gasteiger partial charge on any atom is -0.406 e. The van der Waals surface area contributed by atoms with Gasteiger partial charge >= 0.3 is 6.36 Å². The standard InChI is InChI=1S/C16H14F5N3O2/c17-15(18)12-7-13(9-1-2-9)24(23-12)8-14(25)22-10-3-5-11(6-4-10)26-16(19,20)21/h3-7,9,15H,1-2,8H2,(H,22,25). The first-order valence-electron chi connectivity index (χ1n) is 7.73. The van der Waals surface area contributed by atoms with Gasteiger partial charge in [-0.15, -0.1) is 13.2 Å². The normalized spacial score (nSPS) is 14.5. The maximum absolute atomic E-state index is 12.8. The van der Waals surface area contributed by atoms with Crippen LogP contribution in [0.2, 0.25) is 0 Å². The molecule has 0 saturated heterocycles. The molecular weight excluding hydrogens is 361 g/mol. The van der Waals surface area contributed by atoms with Gasteiger partial charge in [0.25, 0.3) is 6.43 Å². The van der Waals surface area contributed by atoms with Crippen LogP contribution < -0.4 is 10.1 Å². The van der Waals surface area contributed by atoms with Crippen LogP contribution in [-0.4, -0.2) is 22.1 Å². The Labute approximate surface area is 144 Å². The zero-order chi connectivity index (χ0) is 18.9. The van der Waals surface area contributed by atoms with Gasteiger partial charge in [0.2, 0.25) is 5.91 Å². The van der Waals surface area contributed by atoms with E-state index in [0.29, 0.717) is 5.69 Å². The summed E-state index contributed by atoms with van der Waals surface area (Å²) < 4.78 is 66.9. The summed E-state index contributed by atoms with van der Waals surface area (Å²) in [6.45, 7) is -0.265. The predicted octanol–water partition coefficient (Wildman–Crippen LogP) is 4.24. The van der Waals surface area contributed by atoms with Crippen LogP contribution in [0.5, 0.6) is 5.75 Å². The molecule has 0 bridgehead atoms. The van der Waals surface area contributed by atoms with Gasteiger partial charge in [-0.3, -0.25) is 9.48 Å². The first kappa shape index (κ1) is 18.2. The van der Waals surface area contributed by atoms with Crippen molar-refractivity contribution in [3.63, 3.8) is 0 Å². The molecule has 140 valence electrons. The van der Waals surface area contributed by atoms with Crippen LogP contribution >= 0.6 is 0 Å². The second kappa shape index (κ2) is 6.93. The number of amides is 1. The Kier molecular flexibility index (Phi) is 4.84. The Hall–Kier alpha value is -2.65. The predicted molar refractivity (Wildman–Crippen MR) is 80.9 cm³/mol. The monoisotopic (exact) mass is 375 g/mol. The van der Waals surface area contributed by atoms with Gasteiger partial charge in [0.15, 0.2) is 0 Å². The fourth-order valence-corrected chi connectivity index (χ4v) is 2.47. The van der Waals surface area contributed by atoms with Crippen molar-refractivity contribution in [2.24, 2.45) is 0 Å². The first-order valence-corrected chi connectivity index (χ1v) is 7.73. The number of aromatic nitrogens is 2. The summed E-state index contributed by atoms with van der Waals surface area (Å²) in [5.41, 5.74) is 0.455. The lowest BCUT2D eigenvalue weighted by molar-refractivity contribution is -0.274. The number of carbonyl (C=O) groups excluding carboxylic acids is 1. The van der Waals surface area contributed by atoms with Gasteiger partial charge in [-0.05, 0) is 43.2 Å². The third-order valence-electron chi connectivity index (χ3n) is 3.71. The van der Waals surface area contributed by atoms with Crippen molar-refractivity contribution in [2.45, 2.75) is 38.1 Å². The molecule has 0 radical (unpaired) electrons. The van der Waals surface area contributed by atoms with Crippen LogP contribution in [0.4, 0.5) is 27.6 Å². The average Bonchev–Trinajstić information content (AvgIpc) is 3.29. The van der Waals surface area contributed by atoms with E-state index < -0.39 is 24.4 Å². The van der Waals surface area contributed by atoms with Crippen molar-refractivity contribution in [3.8, 4) is 5.75 Å². The van der Waals surface area contributed by atoms with E-state index in [-0.39, 0.29) is 23.8 Å². The number of carbonyl (C=O) groups is 1. The summed E-state index contributed by atoms with van der Waals surface area (Å²) in [5.74, 6) is -0.818. The van der Waals surface area contributed by atoms with Crippen molar-refractivity contribution in [1.29, 1.82) is 0 Å².